The molecule has 0 spiro atoms. The lowest BCUT2D eigenvalue weighted by Crippen LogP contribution is -2.23. The Morgan fingerprint density at radius 1 is 1.20 bits per heavy atom. The van der Waals surface area contributed by atoms with Gasteiger partial charge in [-0.1, -0.05) is 32.0 Å². The third kappa shape index (κ3) is 3.99. The van der Waals surface area contributed by atoms with Gasteiger partial charge in [0, 0.05) is 18.5 Å². The monoisotopic (exact) mass is 360 g/mol. The van der Waals surface area contributed by atoms with Gasteiger partial charge in [-0.2, -0.15) is 0 Å². The summed E-state index contributed by atoms with van der Waals surface area (Å²) in [6.07, 6.45) is 4.71. The molecule has 0 fully saturated rings. The first-order valence-electron chi connectivity index (χ1n) is 8.55. The Balaban J connectivity index is 1.89. The van der Waals surface area contributed by atoms with Crippen LogP contribution in [-0.4, -0.2) is 35.8 Å². The number of hydrogen-bond acceptors (Lipinski definition) is 4. The normalized spacial score (nSPS) is 12.5. The van der Waals surface area contributed by atoms with Crippen molar-refractivity contribution in [3.8, 4) is 0 Å². The van der Waals surface area contributed by atoms with Crippen LogP contribution in [-0.2, 0) is 16.6 Å². The maximum Gasteiger partial charge on any atom is 0.208 e. The van der Waals surface area contributed by atoms with Gasteiger partial charge in [0.05, 0.1) is 29.3 Å². The molecule has 0 aliphatic heterocycles. The highest BCUT2D eigenvalue weighted by Gasteiger charge is 2.15. The second-order valence-electron chi connectivity index (χ2n) is 6.68. The lowest BCUT2D eigenvalue weighted by Gasteiger charge is -2.11. The highest BCUT2D eigenvalue weighted by molar-refractivity contribution is 7.88. The number of nitrogens with zero attached hydrogens (tertiary/aromatic N) is 3. The zero-order valence-corrected chi connectivity index (χ0v) is 15.7. The predicted octanol–water partition coefficient (Wildman–Crippen LogP) is 3.04. The van der Waals surface area contributed by atoms with Gasteiger partial charge in [-0.05, 0) is 24.8 Å². The van der Waals surface area contributed by atoms with Gasteiger partial charge in [0.1, 0.15) is 5.52 Å². The molecule has 25 heavy (non-hydrogen) atoms. The van der Waals surface area contributed by atoms with Crippen LogP contribution in [0.3, 0.4) is 0 Å². The minimum Gasteiger partial charge on any atom is -0.330 e. The van der Waals surface area contributed by atoms with Gasteiger partial charge in [-0.15, -0.1) is 0 Å². The highest BCUT2D eigenvalue weighted by Crippen LogP contribution is 2.29. The maximum absolute atomic E-state index is 11.1. The van der Waals surface area contributed by atoms with E-state index in [0.717, 1.165) is 47.0 Å². The van der Waals surface area contributed by atoms with Crippen molar-refractivity contribution in [1.82, 2.24) is 19.3 Å². The summed E-state index contributed by atoms with van der Waals surface area (Å²) in [6.45, 7) is 5.53. The SMILES string of the molecule is CC(C)c1nc2ccccc2c2c1ncn2CCCCNS(C)(=O)=O. The fourth-order valence-electron chi connectivity index (χ4n) is 3.04. The van der Waals surface area contributed by atoms with E-state index in [-0.39, 0.29) is 0 Å². The van der Waals surface area contributed by atoms with Crippen LogP contribution in [0.4, 0.5) is 0 Å². The molecule has 2 aromatic heterocycles. The Bertz CT molecular complexity index is 993. The smallest absolute Gasteiger partial charge is 0.208 e. The molecule has 2 heterocycles. The Morgan fingerprint density at radius 2 is 1.96 bits per heavy atom. The fourth-order valence-corrected chi connectivity index (χ4v) is 3.56. The Hall–Kier alpha value is -1.99. The summed E-state index contributed by atoms with van der Waals surface area (Å²) in [6, 6.07) is 8.14. The average molecular weight is 360 g/mol. The Kier molecular flexibility index (Phi) is 5.06. The van der Waals surface area contributed by atoms with Crippen LogP contribution in [0.15, 0.2) is 30.6 Å². The number of aromatic nitrogens is 3. The molecule has 0 amide bonds. The first-order chi connectivity index (χ1) is 11.9. The summed E-state index contributed by atoms with van der Waals surface area (Å²) in [4.78, 5) is 9.42. The van der Waals surface area contributed by atoms with Gasteiger partial charge in [0.25, 0.3) is 0 Å². The standard InChI is InChI=1S/C18H24N4O2S/c1-13(2)16-17-18(14-8-4-5-9-15(14)21-16)22(12-19-17)11-7-6-10-20-25(3,23)24/h4-5,8-9,12-13,20H,6-7,10-11H2,1-3H3. The minimum atomic E-state index is -3.11. The van der Waals surface area contributed by atoms with Gasteiger partial charge < -0.3 is 4.57 Å². The van der Waals surface area contributed by atoms with Crippen molar-refractivity contribution >= 4 is 32.0 Å². The van der Waals surface area contributed by atoms with Gasteiger partial charge in [0.15, 0.2) is 0 Å². The molecule has 1 aromatic carbocycles. The largest absolute Gasteiger partial charge is 0.330 e. The molecule has 0 saturated heterocycles. The van der Waals surface area contributed by atoms with Crippen molar-refractivity contribution in [3.05, 3.63) is 36.3 Å². The second-order valence-corrected chi connectivity index (χ2v) is 8.51. The van der Waals surface area contributed by atoms with Crippen molar-refractivity contribution in [3.63, 3.8) is 0 Å². The average Bonchev–Trinajstić information content (AvgIpc) is 2.97. The number of pyridine rings is 1. The maximum atomic E-state index is 11.1. The van der Waals surface area contributed by atoms with Crippen molar-refractivity contribution in [2.45, 2.75) is 39.2 Å². The van der Waals surface area contributed by atoms with Gasteiger partial charge in [-0.25, -0.2) is 18.1 Å². The van der Waals surface area contributed by atoms with Crippen molar-refractivity contribution in [2.24, 2.45) is 0 Å². The summed E-state index contributed by atoms with van der Waals surface area (Å²) < 4.78 is 26.9. The van der Waals surface area contributed by atoms with E-state index in [4.69, 9.17) is 4.98 Å². The number of aryl methyl sites for hydroxylation is 1. The molecule has 6 nitrogen and oxygen atoms in total. The number of unbranched alkanes of at least 4 members (excludes halogenated alkanes) is 1. The molecule has 0 aliphatic carbocycles. The summed E-state index contributed by atoms with van der Waals surface area (Å²) in [5.74, 6) is 0.300. The van der Waals surface area contributed by atoms with Gasteiger partial charge >= 0.3 is 0 Å². The molecule has 0 unspecified atom stereocenters. The lowest BCUT2D eigenvalue weighted by molar-refractivity contribution is 0.573. The summed E-state index contributed by atoms with van der Waals surface area (Å²) >= 11 is 0. The van der Waals surface area contributed by atoms with E-state index in [1.54, 1.807) is 0 Å². The highest BCUT2D eigenvalue weighted by atomic mass is 32.2. The quantitative estimate of drug-likeness (QED) is 0.657. The van der Waals surface area contributed by atoms with Crippen LogP contribution in [0.1, 0.15) is 38.3 Å². The van der Waals surface area contributed by atoms with Gasteiger partial charge in [-0.3, -0.25) is 4.98 Å². The number of hydrogen-bond donors (Lipinski definition) is 1. The first kappa shape index (κ1) is 17.8. The minimum absolute atomic E-state index is 0.300. The molecule has 3 aromatic rings. The Morgan fingerprint density at radius 3 is 2.68 bits per heavy atom. The zero-order chi connectivity index (χ0) is 18.0. The van der Waals surface area contributed by atoms with Crippen LogP contribution in [0, 0.1) is 0 Å². The first-order valence-corrected chi connectivity index (χ1v) is 10.4. The van der Waals surface area contributed by atoms with Crippen LogP contribution < -0.4 is 4.72 Å². The summed E-state index contributed by atoms with van der Waals surface area (Å²) in [5, 5.41) is 1.11. The van der Waals surface area contributed by atoms with Crippen LogP contribution in [0.25, 0.3) is 21.9 Å². The molecule has 0 bridgehead atoms. The van der Waals surface area contributed by atoms with E-state index >= 15 is 0 Å². The van der Waals surface area contributed by atoms with E-state index in [1.807, 2.05) is 24.5 Å². The van der Waals surface area contributed by atoms with E-state index < -0.39 is 10.0 Å². The third-order valence-corrected chi connectivity index (χ3v) is 4.95. The zero-order valence-electron chi connectivity index (χ0n) is 14.9. The number of sulfonamides is 1. The number of nitrogens with one attached hydrogen (secondary N) is 1. The number of fused-ring (bicyclic) bond motifs is 3. The van der Waals surface area contributed by atoms with E-state index in [9.17, 15) is 8.42 Å². The number of benzene rings is 1. The second kappa shape index (κ2) is 7.09. The summed E-state index contributed by atoms with van der Waals surface area (Å²) in [5.41, 5.74) is 4.08. The van der Waals surface area contributed by atoms with Crippen molar-refractivity contribution < 1.29 is 8.42 Å². The summed E-state index contributed by atoms with van der Waals surface area (Å²) in [7, 11) is -3.11. The number of imidazole rings is 1. The van der Waals surface area contributed by atoms with Crippen molar-refractivity contribution in [2.75, 3.05) is 12.8 Å². The molecule has 0 saturated carbocycles. The topological polar surface area (TPSA) is 76.9 Å². The molecule has 3 rings (SSSR count). The Labute approximate surface area is 148 Å². The van der Waals surface area contributed by atoms with Crippen molar-refractivity contribution in [1.29, 1.82) is 0 Å². The lowest BCUT2D eigenvalue weighted by atomic mass is 10.1. The van der Waals surface area contributed by atoms with Crippen LogP contribution in [0.2, 0.25) is 0 Å². The molecule has 134 valence electrons. The molecule has 0 aliphatic rings. The van der Waals surface area contributed by atoms with Crippen LogP contribution in [0.5, 0.6) is 0 Å². The fraction of sp³-hybridized carbons (Fsp3) is 0.444. The molecule has 0 radical (unpaired) electrons. The molecular weight excluding hydrogens is 336 g/mol. The molecular formula is C18H24N4O2S. The predicted molar refractivity (Wildman–Crippen MR) is 101 cm³/mol. The van der Waals surface area contributed by atoms with Gasteiger partial charge in [0.2, 0.25) is 10.0 Å². The third-order valence-electron chi connectivity index (χ3n) is 4.22. The molecule has 7 heteroatoms. The van der Waals surface area contributed by atoms with E-state index in [1.165, 1.54) is 6.26 Å². The van der Waals surface area contributed by atoms with E-state index in [0.29, 0.717) is 12.5 Å². The van der Waals surface area contributed by atoms with Crippen LogP contribution >= 0.6 is 0 Å². The molecule has 1 N–H and O–H groups in total. The number of para-hydroxylation sites is 1. The number of rotatable bonds is 7. The molecule has 0 atom stereocenters. The van der Waals surface area contributed by atoms with E-state index in [2.05, 4.69) is 34.2 Å².